The average molecular weight is 419 g/mol. The number of primary sulfonamides is 1. The third-order valence-corrected chi connectivity index (χ3v) is 5.17. The van der Waals surface area contributed by atoms with Gasteiger partial charge in [0.1, 0.15) is 18.2 Å². The number of sulfonamides is 1. The van der Waals surface area contributed by atoms with Crippen molar-refractivity contribution >= 4 is 21.4 Å². The smallest absolute Gasteiger partial charge is 0.257 e. The van der Waals surface area contributed by atoms with Gasteiger partial charge in [0.2, 0.25) is 10.0 Å². The number of alkyl halides is 4. The van der Waals surface area contributed by atoms with E-state index in [0.717, 1.165) is 23.2 Å². The average Bonchev–Trinajstić information content (AvgIpc) is 3.06. The summed E-state index contributed by atoms with van der Waals surface area (Å²) in [5, 5.41) is 9.54. The molecule has 1 heterocycles. The van der Waals surface area contributed by atoms with Crippen molar-refractivity contribution in [1.29, 1.82) is 0 Å². The molecule has 3 rings (SSSR count). The predicted octanol–water partition coefficient (Wildman–Crippen LogP) is 3.81. The number of rotatable bonds is 4. The molecule has 150 valence electrons. The van der Waals surface area contributed by atoms with Gasteiger partial charge in [-0.25, -0.2) is 22.3 Å². The van der Waals surface area contributed by atoms with E-state index in [2.05, 4.69) is 5.10 Å². The first-order chi connectivity index (χ1) is 13.0. The van der Waals surface area contributed by atoms with E-state index in [4.69, 9.17) is 5.14 Å². The second-order valence-electron chi connectivity index (χ2n) is 6.14. The van der Waals surface area contributed by atoms with Crippen LogP contribution in [0.1, 0.15) is 23.6 Å². The normalized spacial score (nSPS) is 17.7. The van der Waals surface area contributed by atoms with Gasteiger partial charge < -0.3 is 0 Å². The Kier molecular flexibility index (Phi) is 5.15. The van der Waals surface area contributed by atoms with Crippen molar-refractivity contribution < 1.29 is 30.4 Å². The molecule has 0 bridgehead atoms. The van der Waals surface area contributed by atoms with Crippen LogP contribution in [0.25, 0.3) is 0 Å². The van der Waals surface area contributed by atoms with Crippen LogP contribution in [0, 0.1) is 5.82 Å². The summed E-state index contributed by atoms with van der Waals surface area (Å²) in [5.41, 5.74) is -1.02. The van der Waals surface area contributed by atoms with Crippen LogP contribution in [-0.4, -0.2) is 20.3 Å². The molecule has 5 nitrogen and oxygen atoms in total. The number of nitrogens with two attached hydrogens (primary N) is 1. The Balaban J connectivity index is 2.04. The Labute approximate surface area is 157 Å². The largest absolute Gasteiger partial charge is 0.431 e. The van der Waals surface area contributed by atoms with Crippen LogP contribution < -0.4 is 10.1 Å². The highest BCUT2D eigenvalue weighted by Gasteiger charge is 2.44. The van der Waals surface area contributed by atoms with E-state index in [-0.39, 0.29) is 21.7 Å². The summed E-state index contributed by atoms with van der Waals surface area (Å²) in [6.45, 7) is -0.912. The van der Waals surface area contributed by atoms with Gasteiger partial charge in [-0.2, -0.15) is 18.3 Å². The molecule has 0 aromatic heterocycles. The zero-order chi connectivity index (χ0) is 20.7. The summed E-state index contributed by atoms with van der Waals surface area (Å²) in [6, 6.07) is 6.97. The third kappa shape index (κ3) is 3.99. The molecule has 2 N–H and O–H groups in total. The zero-order valence-corrected chi connectivity index (χ0v) is 14.9. The van der Waals surface area contributed by atoms with E-state index in [1.54, 1.807) is 0 Å². The summed E-state index contributed by atoms with van der Waals surface area (Å²) in [5.74, 6) is -0.857. The fourth-order valence-electron chi connectivity index (χ4n) is 2.87. The Morgan fingerprint density at radius 1 is 1.14 bits per heavy atom. The fraction of sp³-hybridized carbons (Fsp3) is 0.235. The molecule has 1 aliphatic rings. The van der Waals surface area contributed by atoms with Gasteiger partial charge in [-0.3, -0.25) is 5.01 Å². The lowest BCUT2D eigenvalue weighted by Crippen LogP contribution is -2.22. The molecule has 1 unspecified atom stereocenters. The van der Waals surface area contributed by atoms with Crippen LogP contribution in [0.15, 0.2) is 52.5 Å². The summed E-state index contributed by atoms with van der Waals surface area (Å²) < 4.78 is 89.3. The molecule has 0 aliphatic carbocycles. The first-order valence-corrected chi connectivity index (χ1v) is 9.46. The lowest BCUT2D eigenvalue weighted by molar-refractivity contribution is -0.0600. The summed E-state index contributed by atoms with van der Waals surface area (Å²) in [7, 11) is -3.99. The van der Waals surface area contributed by atoms with Gasteiger partial charge in [-0.05, 0) is 35.9 Å². The lowest BCUT2D eigenvalue weighted by Gasteiger charge is -2.24. The Bertz CT molecular complexity index is 1020. The molecule has 0 saturated carbocycles. The van der Waals surface area contributed by atoms with Crippen LogP contribution >= 0.6 is 0 Å². The van der Waals surface area contributed by atoms with Gasteiger partial charge in [0.05, 0.1) is 16.6 Å². The van der Waals surface area contributed by atoms with Crippen molar-refractivity contribution in [3.05, 3.63) is 59.4 Å². The number of benzene rings is 2. The van der Waals surface area contributed by atoms with Crippen molar-refractivity contribution in [1.82, 2.24) is 0 Å². The van der Waals surface area contributed by atoms with Gasteiger partial charge >= 0.3 is 6.18 Å². The number of hydrogen-bond acceptors (Lipinski definition) is 4. The van der Waals surface area contributed by atoms with Gasteiger partial charge in [0.25, 0.3) is 0 Å². The standard InChI is InChI=1S/C17H14F5N3O2S/c18-9-10-1-6-13(14(19)7-10)15-8-16(17(20,21)22)24-25(15)11-2-4-12(5-3-11)28(23,26)27/h1-7,15H,8-9H2,(H2,23,26,27). The maximum Gasteiger partial charge on any atom is 0.431 e. The molecule has 2 aromatic carbocycles. The predicted molar refractivity (Wildman–Crippen MR) is 92.4 cm³/mol. The van der Waals surface area contributed by atoms with Crippen molar-refractivity contribution in [3.63, 3.8) is 0 Å². The number of anilines is 1. The number of hydrazone groups is 1. The molecule has 2 aromatic rings. The van der Waals surface area contributed by atoms with Crippen LogP contribution in [0.4, 0.5) is 27.6 Å². The molecular weight excluding hydrogens is 405 g/mol. The van der Waals surface area contributed by atoms with E-state index in [1.165, 1.54) is 24.3 Å². The van der Waals surface area contributed by atoms with E-state index >= 15 is 0 Å². The highest BCUT2D eigenvalue weighted by molar-refractivity contribution is 7.89. The van der Waals surface area contributed by atoms with Crippen LogP contribution in [0.5, 0.6) is 0 Å². The monoisotopic (exact) mass is 419 g/mol. The molecule has 0 fully saturated rings. The maximum absolute atomic E-state index is 14.4. The van der Waals surface area contributed by atoms with Crippen LogP contribution in [-0.2, 0) is 16.7 Å². The van der Waals surface area contributed by atoms with Gasteiger partial charge in [-0.1, -0.05) is 12.1 Å². The summed E-state index contributed by atoms with van der Waals surface area (Å²) in [6.07, 6.45) is -5.34. The molecule has 1 atom stereocenters. The van der Waals surface area contributed by atoms with E-state index < -0.39 is 46.9 Å². The molecular formula is C17H14F5N3O2S. The number of hydrogen-bond donors (Lipinski definition) is 1. The second-order valence-corrected chi connectivity index (χ2v) is 7.70. The minimum absolute atomic E-state index is 0.0558. The number of halogens is 5. The lowest BCUT2D eigenvalue weighted by atomic mass is 9.99. The molecule has 28 heavy (non-hydrogen) atoms. The second kappa shape index (κ2) is 7.13. The molecule has 0 radical (unpaired) electrons. The SMILES string of the molecule is NS(=O)(=O)c1ccc(N2N=C(C(F)(F)F)CC2c2ccc(CF)cc2F)cc1. The maximum atomic E-state index is 14.4. The Hall–Kier alpha value is -2.53. The molecule has 0 spiro atoms. The van der Waals surface area contributed by atoms with E-state index in [9.17, 15) is 30.4 Å². The minimum atomic E-state index is -4.72. The number of nitrogens with zero attached hydrogens (tertiary/aromatic N) is 2. The van der Waals surface area contributed by atoms with Crippen molar-refractivity contribution in [2.75, 3.05) is 5.01 Å². The fourth-order valence-corrected chi connectivity index (χ4v) is 3.39. The Morgan fingerprint density at radius 2 is 1.79 bits per heavy atom. The third-order valence-electron chi connectivity index (χ3n) is 4.25. The van der Waals surface area contributed by atoms with Crippen molar-refractivity contribution in [2.24, 2.45) is 10.2 Å². The summed E-state index contributed by atoms with van der Waals surface area (Å²) >= 11 is 0. The molecule has 0 amide bonds. The highest BCUT2D eigenvalue weighted by atomic mass is 32.2. The van der Waals surface area contributed by atoms with E-state index in [0.29, 0.717) is 0 Å². The van der Waals surface area contributed by atoms with E-state index in [1.807, 2.05) is 0 Å². The Morgan fingerprint density at radius 3 is 2.29 bits per heavy atom. The highest BCUT2D eigenvalue weighted by Crippen LogP contribution is 2.40. The van der Waals surface area contributed by atoms with Crippen LogP contribution in [0.2, 0.25) is 0 Å². The van der Waals surface area contributed by atoms with Gasteiger partial charge in [-0.15, -0.1) is 0 Å². The topological polar surface area (TPSA) is 75.8 Å². The van der Waals surface area contributed by atoms with Gasteiger partial charge in [0.15, 0.2) is 0 Å². The summed E-state index contributed by atoms with van der Waals surface area (Å²) in [4.78, 5) is -0.231. The first-order valence-electron chi connectivity index (χ1n) is 7.92. The zero-order valence-electron chi connectivity index (χ0n) is 14.1. The molecule has 11 heteroatoms. The molecule has 1 aliphatic heterocycles. The quantitative estimate of drug-likeness (QED) is 0.766. The van der Waals surface area contributed by atoms with Crippen LogP contribution in [0.3, 0.4) is 0 Å². The molecule has 0 saturated heterocycles. The first kappa shape index (κ1) is 20.2. The van der Waals surface area contributed by atoms with Crippen molar-refractivity contribution in [3.8, 4) is 0 Å². The van der Waals surface area contributed by atoms with Gasteiger partial charge in [0, 0.05) is 12.0 Å². The minimum Gasteiger partial charge on any atom is -0.257 e. The van der Waals surface area contributed by atoms with Crippen molar-refractivity contribution in [2.45, 2.75) is 30.2 Å².